The van der Waals surface area contributed by atoms with Crippen molar-refractivity contribution in [3.05, 3.63) is 29.8 Å². The highest BCUT2D eigenvalue weighted by Gasteiger charge is 2.21. The van der Waals surface area contributed by atoms with Crippen molar-refractivity contribution in [3.63, 3.8) is 0 Å². The molecule has 0 radical (unpaired) electrons. The van der Waals surface area contributed by atoms with Crippen molar-refractivity contribution in [2.24, 2.45) is 5.92 Å². The number of aliphatic hydroxyl groups is 2. The molecule has 1 aromatic carbocycles. The summed E-state index contributed by atoms with van der Waals surface area (Å²) in [6.07, 6.45) is 12.9. The normalized spacial score (nSPS) is 21.5. The molecule has 0 spiro atoms. The van der Waals surface area contributed by atoms with E-state index in [0.717, 1.165) is 30.4 Å². The first-order valence-corrected chi connectivity index (χ1v) is 10.7. The Morgan fingerprint density at radius 3 is 2.38 bits per heavy atom. The van der Waals surface area contributed by atoms with E-state index >= 15 is 0 Å². The van der Waals surface area contributed by atoms with E-state index < -0.39 is 6.10 Å². The zero-order valence-electron chi connectivity index (χ0n) is 16.5. The molecule has 148 valence electrons. The molecule has 0 amide bonds. The minimum atomic E-state index is -0.587. The smallest absolute Gasteiger partial charge is 0.119 e. The van der Waals surface area contributed by atoms with Crippen LogP contribution in [0.25, 0.3) is 0 Å². The van der Waals surface area contributed by atoms with Crippen molar-refractivity contribution >= 4 is 0 Å². The van der Waals surface area contributed by atoms with Gasteiger partial charge in [0, 0.05) is 0 Å². The van der Waals surface area contributed by atoms with Gasteiger partial charge in [-0.1, -0.05) is 44.7 Å². The van der Waals surface area contributed by atoms with Crippen molar-refractivity contribution in [2.75, 3.05) is 13.2 Å². The molecule has 0 aliphatic heterocycles. The molecular formula is C23H38O3. The molecule has 1 fully saturated rings. The molecule has 0 aromatic heterocycles. The highest BCUT2D eigenvalue weighted by molar-refractivity contribution is 5.29. The lowest BCUT2D eigenvalue weighted by atomic mass is 9.77. The molecule has 0 saturated heterocycles. The van der Waals surface area contributed by atoms with Gasteiger partial charge in [0.1, 0.15) is 5.75 Å². The van der Waals surface area contributed by atoms with Crippen LogP contribution in [-0.2, 0) is 0 Å². The Labute approximate surface area is 159 Å². The quantitative estimate of drug-likeness (QED) is 0.487. The average Bonchev–Trinajstić information content (AvgIpc) is 2.69. The summed E-state index contributed by atoms with van der Waals surface area (Å²) in [5.74, 6) is 2.63. The first kappa shape index (κ1) is 21.2. The largest absolute Gasteiger partial charge is 0.494 e. The van der Waals surface area contributed by atoms with Gasteiger partial charge in [0.25, 0.3) is 0 Å². The van der Waals surface area contributed by atoms with E-state index in [1.165, 1.54) is 56.9 Å². The van der Waals surface area contributed by atoms with Crippen molar-refractivity contribution < 1.29 is 14.9 Å². The van der Waals surface area contributed by atoms with Gasteiger partial charge in [0.15, 0.2) is 0 Å². The summed E-state index contributed by atoms with van der Waals surface area (Å²) in [5, 5.41) is 18.1. The van der Waals surface area contributed by atoms with Crippen LogP contribution in [0.4, 0.5) is 0 Å². The topological polar surface area (TPSA) is 49.7 Å². The van der Waals surface area contributed by atoms with E-state index in [1.807, 2.05) is 0 Å². The Morgan fingerprint density at radius 2 is 1.73 bits per heavy atom. The number of aliphatic hydroxyl groups excluding tert-OH is 2. The van der Waals surface area contributed by atoms with E-state index in [4.69, 9.17) is 9.84 Å². The zero-order valence-corrected chi connectivity index (χ0v) is 16.5. The van der Waals surface area contributed by atoms with Crippen LogP contribution in [-0.4, -0.2) is 29.5 Å². The maximum absolute atomic E-state index is 9.31. The van der Waals surface area contributed by atoms with E-state index in [0.29, 0.717) is 13.0 Å². The van der Waals surface area contributed by atoms with Crippen molar-refractivity contribution in [1.82, 2.24) is 0 Å². The summed E-state index contributed by atoms with van der Waals surface area (Å²) >= 11 is 0. The zero-order chi connectivity index (χ0) is 18.6. The lowest BCUT2D eigenvalue weighted by Gasteiger charge is -2.29. The van der Waals surface area contributed by atoms with Crippen molar-refractivity contribution in [1.29, 1.82) is 0 Å². The number of hydrogen-bond donors (Lipinski definition) is 2. The highest BCUT2D eigenvalue weighted by atomic mass is 16.5. The summed E-state index contributed by atoms with van der Waals surface area (Å²) in [6.45, 7) is 2.80. The second kappa shape index (κ2) is 12.3. The first-order chi connectivity index (χ1) is 12.7. The third-order valence-corrected chi connectivity index (χ3v) is 5.83. The Bertz CT molecular complexity index is 463. The monoisotopic (exact) mass is 362 g/mol. The fraction of sp³-hybridized carbons (Fsp3) is 0.739. The molecule has 1 atom stereocenters. The maximum Gasteiger partial charge on any atom is 0.119 e. The SMILES string of the molecule is CCCCCC1CCC(c2ccc(OCCCCC(O)CO)cc2)CC1. The van der Waals surface area contributed by atoms with Gasteiger partial charge in [-0.25, -0.2) is 0 Å². The molecule has 26 heavy (non-hydrogen) atoms. The van der Waals surface area contributed by atoms with Crippen molar-refractivity contribution in [3.8, 4) is 5.75 Å². The summed E-state index contributed by atoms with van der Waals surface area (Å²) in [5.41, 5.74) is 1.47. The molecule has 1 aliphatic carbocycles. The fourth-order valence-electron chi connectivity index (χ4n) is 4.07. The predicted molar refractivity (Wildman–Crippen MR) is 108 cm³/mol. The van der Waals surface area contributed by atoms with Gasteiger partial charge >= 0.3 is 0 Å². The second-order valence-corrected chi connectivity index (χ2v) is 7.96. The average molecular weight is 363 g/mol. The summed E-state index contributed by atoms with van der Waals surface area (Å²) in [6, 6.07) is 8.69. The second-order valence-electron chi connectivity index (χ2n) is 7.96. The molecule has 1 unspecified atom stereocenters. The van der Waals surface area contributed by atoms with Gasteiger partial charge in [-0.3, -0.25) is 0 Å². The van der Waals surface area contributed by atoms with Crippen LogP contribution in [0.15, 0.2) is 24.3 Å². The van der Waals surface area contributed by atoms with Crippen LogP contribution in [0.3, 0.4) is 0 Å². The minimum Gasteiger partial charge on any atom is -0.494 e. The van der Waals surface area contributed by atoms with E-state index in [1.54, 1.807) is 0 Å². The summed E-state index contributed by atoms with van der Waals surface area (Å²) < 4.78 is 5.79. The van der Waals surface area contributed by atoms with Gasteiger partial charge in [-0.05, 0) is 74.5 Å². The van der Waals surface area contributed by atoms with Gasteiger partial charge in [-0.15, -0.1) is 0 Å². The van der Waals surface area contributed by atoms with Gasteiger partial charge in [0.2, 0.25) is 0 Å². The molecule has 2 N–H and O–H groups in total. The van der Waals surface area contributed by atoms with Gasteiger partial charge in [0.05, 0.1) is 19.3 Å². The number of benzene rings is 1. The summed E-state index contributed by atoms with van der Waals surface area (Å²) in [4.78, 5) is 0. The third-order valence-electron chi connectivity index (χ3n) is 5.83. The van der Waals surface area contributed by atoms with Gasteiger partial charge in [-0.2, -0.15) is 0 Å². The molecule has 0 heterocycles. The molecular weight excluding hydrogens is 324 g/mol. The predicted octanol–water partition coefficient (Wildman–Crippen LogP) is 5.44. The lowest BCUT2D eigenvalue weighted by Crippen LogP contribution is -2.13. The molecule has 3 nitrogen and oxygen atoms in total. The molecule has 0 bridgehead atoms. The molecule has 1 aliphatic rings. The fourth-order valence-corrected chi connectivity index (χ4v) is 4.07. The lowest BCUT2D eigenvalue weighted by molar-refractivity contribution is 0.0851. The Kier molecular flexibility index (Phi) is 10.1. The van der Waals surface area contributed by atoms with Crippen LogP contribution in [0.2, 0.25) is 0 Å². The minimum absolute atomic E-state index is 0.150. The summed E-state index contributed by atoms with van der Waals surface area (Å²) in [7, 11) is 0. The van der Waals surface area contributed by atoms with E-state index in [-0.39, 0.29) is 6.61 Å². The first-order valence-electron chi connectivity index (χ1n) is 10.7. The van der Waals surface area contributed by atoms with Crippen LogP contribution >= 0.6 is 0 Å². The maximum atomic E-state index is 9.31. The van der Waals surface area contributed by atoms with Crippen LogP contribution in [0.5, 0.6) is 5.75 Å². The van der Waals surface area contributed by atoms with Crippen LogP contribution in [0.1, 0.15) is 89.0 Å². The number of ether oxygens (including phenoxy) is 1. The van der Waals surface area contributed by atoms with Crippen LogP contribution < -0.4 is 4.74 Å². The number of hydrogen-bond acceptors (Lipinski definition) is 3. The van der Waals surface area contributed by atoms with Gasteiger partial charge < -0.3 is 14.9 Å². The van der Waals surface area contributed by atoms with E-state index in [2.05, 4.69) is 31.2 Å². The molecule has 1 aromatic rings. The standard InChI is InChI=1S/C23H38O3/c1-2-3-4-7-19-9-11-20(12-10-19)21-13-15-23(16-14-21)26-17-6-5-8-22(25)18-24/h13-16,19-20,22,24-25H,2-12,17-18H2,1H3. The third kappa shape index (κ3) is 7.67. The highest BCUT2D eigenvalue weighted by Crippen LogP contribution is 2.38. The molecule has 3 heteroatoms. The Balaban J connectivity index is 1.64. The molecule has 1 saturated carbocycles. The molecule has 2 rings (SSSR count). The van der Waals surface area contributed by atoms with Crippen LogP contribution in [0, 0.1) is 5.92 Å². The Hall–Kier alpha value is -1.06. The van der Waals surface area contributed by atoms with E-state index in [9.17, 15) is 5.11 Å². The number of unbranched alkanes of at least 4 members (excludes halogenated alkanes) is 3. The van der Waals surface area contributed by atoms with Crippen molar-refractivity contribution in [2.45, 2.75) is 89.6 Å². The number of rotatable bonds is 12. The Morgan fingerprint density at radius 1 is 1.00 bits per heavy atom.